The summed E-state index contributed by atoms with van der Waals surface area (Å²) in [6.07, 6.45) is 1.92. The predicted octanol–water partition coefficient (Wildman–Crippen LogP) is 4.45. The van der Waals surface area contributed by atoms with E-state index in [1.807, 2.05) is 30.0 Å². The van der Waals surface area contributed by atoms with Crippen molar-refractivity contribution in [3.63, 3.8) is 0 Å². The molecule has 1 aromatic heterocycles. The van der Waals surface area contributed by atoms with Crippen LogP contribution < -0.4 is 4.90 Å². The first kappa shape index (κ1) is 13.6. The van der Waals surface area contributed by atoms with Crippen LogP contribution in [0.3, 0.4) is 0 Å². The minimum Gasteiger partial charge on any atom is -0.305 e. The van der Waals surface area contributed by atoms with Crippen molar-refractivity contribution in [3.05, 3.63) is 33.9 Å². The van der Waals surface area contributed by atoms with Crippen molar-refractivity contribution in [2.45, 2.75) is 39.7 Å². The second kappa shape index (κ2) is 4.85. The lowest BCUT2D eigenvalue weighted by atomic mass is 10.1. The molecular weight excluding hydrogens is 316 g/mol. The minimum absolute atomic E-state index is 0.110. The molecule has 0 radical (unpaired) electrons. The second-order valence-electron chi connectivity index (χ2n) is 5.25. The molecule has 0 N–H and O–H groups in total. The van der Waals surface area contributed by atoms with Crippen molar-refractivity contribution in [1.82, 2.24) is 4.98 Å². The SMILES string of the molecule is CCC(CC)N1C(=O)c2ccc(Br)c3nc(C)cc1c23. The van der Waals surface area contributed by atoms with Crippen LogP contribution in [0.2, 0.25) is 0 Å². The Labute approximate surface area is 127 Å². The number of hydrogen-bond donors (Lipinski definition) is 0. The number of hydrogen-bond acceptors (Lipinski definition) is 2. The number of aryl methyl sites for hydroxylation is 1. The van der Waals surface area contributed by atoms with Gasteiger partial charge in [0.25, 0.3) is 5.91 Å². The van der Waals surface area contributed by atoms with Gasteiger partial charge in [-0.1, -0.05) is 13.8 Å². The smallest absolute Gasteiger partial charge is 0.259 e. The molecule has 3 nitrogen and oxygen atoms in total. The van der Waals surface area contributed by atoms with Crippen LogP contribution in [0.1, 0.15) is 42.7 Å². The van der Waals surface area contributed by atoms with Crippen LogP contribution in [0.5, 0.6) is 0 Å². The first-order chi connectivity index (χ1) is 9.58. The Balaban J connectivity index is 2.33. The molecule has 104 valence electrons. The fourth-order valence-corrected chi connectivity index (χ4v) is 3.46. The molecule has 3 rings (SSSR count). The third kappa shape index (κ3) is 1.78. The summed E-state index contributed by atoms with van der Waals surface area (Å²) in [5.41, 5.74) is 3.62. The van der Waals surface area contributed by atoms with Gasteiger partial charge in [0.1, 0.15) is 0 Å². The van der Waals surface area contributed by atoms with Crippen molar-refractivity contribution in [1.29, 1.82) is 0 Å². The maximum atomic E-state index is 12.7. The number of carbonyl (C=O) groups excluding carboxylic acids is 1. The number of aromatic nitrogens is 1. The van der Waals surface area contributed by atoms with E-state index < -0.39 is 0 Å². The van der Waals surface area contributed by atoms with E-state index in [1.165, 1.54) is 0 Å². The average Bonchev–Trinajstić information content (AvgIpc) is 2.70. The van der Waals surface area contributed by atoms with E-state index in [2.05, 4.69) is 34.8 Å². The number of nitrogens with zero attached hydrogens (tertiary/aromatic N) is 2. The Bertz CT molecular complexity index is 707. The fourth-order valence-electron chi connectivity index (χ4n) is 3.04. The second-order valence-corrected chi connectivity index (χ2v) is 6.10. The van der Waals surface area contributed by atoms with E-state index in [0.29, 0.717) is 0 Å². The standard InChI is InChI=1S/C16H17BrN2O/c1-4-10(5-2)19-13-8-9(3)18-15-12(17)7-6-11(14(13)15)16(19)20/h6-8,10H,4-5H2,1-3H3. The molecule has 0 aliphatic carbocycles. The molecule has 1 amide bonds. The van der Waals surface area contributed by atoms with Crippen molar-refractivity contribution in [2.75, 3.05) is 4.90 Å². The normalized spacial score (nSPS) is 13.8. The van der Waals surface area contributed by atoms with Gasteiger partial charge in [-0.05, 0) is 53.9 Å². The lowest BCUT2D eigenvalue weighted by Crippen LogP contribution is -2.37. The highest BCUT2D eigenvalue weighted by Gasteiger charge is 2.34. The molecule has 2 heterocycles. The summed E-state index contributed by atoms with van der Waals surface area (Å²) in [7, 11) is 0. The van der Waals surface area contributed by atoms with E-state index in [4.69, 9.17) is 0 Å². The predicted molar refractivity (Wildman–Crippen MR) is 85.4 cm³/mol. The van der Waals surface area contributed by atoms with Crippen molar-refractivity contribution < 1.29 is 4.79 Å². The minimum atomic E-state index is 0.110. The van der Waals surface area contributed by atoms with Crippen LogP contribution >= 0.6 is 15.9 Å². The summed E-state index contributed by atoms with van der Waals surface area (Å²) in [6.45, 7) is 6.24. The third-order valence-corrected chi connectivity index (χ3v) is 4.67. The molecule has 0 saturated heterocycles. The van der Waals surface area contributed by atoms with Crippen molar-refractivity contribution in [2.24, 2.45) is 0 Å². The van der Waals surface area contributed by atoms with Gasteiger partial charge in [0.15, 0.2) is 0 Å². The highest BCUT2D eigenvalue weighted by molar-refractivity contribution is 9.10. The van der Waals surface area contributed by atoms with E-state index >= 15 is 0 Å². The molecule has 20 heavy (non-hydrogen) atoms. The zero-order valence-electron chi connectivity index (χ0n) is 11.9. The van der Waals surface area contributed by atoms with Crippen LogP contribution in [-0.2, 0) is 0 Å². The Morgan fingerprint density at radius 3 is 2.65 bits per heavy atom. The van der Waals surface area contributed by atoms with Crippen LogP contribution in [0.25, 0.3) is 10.9 Å². The maximum absolute atomic E-state index is 12.7. The maximum Gasteiger partial charge on any atom is 0.259 e. The van der Waals surface area contributed by atoms with Crippen LogP contribution in [0.4, 0.5) is 5.69 Å². The van der Waals surface area contributed by atoms with Gasteiger partial charge in [0.2, 0.25) is 0 Å². The summed E-state index contributed by atoms with van der Waals surface area (Å²) in [4.78, 5) is 19.3. The Kier molecular flexibility index (Phi) is 3.28. The van der Waals surface area contributed by atoms with Gasteiger partial charge in [-0.15, -0.1) is 0 Å². The Hall–Kier alpha value is -1.42. The van der Waals surface area contributed by atoms with Gasteiger partial charge >= 0.3 is 0 Å². The van der Waals surface area contributed by atoms with E-state index in [1.54, 1.807) is 0 Å². The summed E-state index contributed by atoms with van der Waals surface area (Å²) in [6, 6.07) is 6.10. The summed E-state index contributed by atoms with van der Waals surface area (Å²) < 4.78 is 0.945. The lowest BCUT2D eigenvalue weighted by molar-refractivity contribution is 0.0982. The Morgan fingerprint density at radius 2 is 2.00 bits per heavy atom. The lowest BCUT2D eigenvalue weighted by Gasteiger charge is -2.27. The topological polar surface area (TPSA) is 33.2 Å². The summed E-state index contributed by atoms with van der Waals surface area (Å²) in [5, 5.41) is 0.988. The first-order valence-electron chi connectivity index (χ1n) is 7.01. The van der Waals surface area contributed by atoms with Crippen molar-refractivity contribution in [3.8, 4) is 0 Å². The fraction of sp³-hybridized carbons (Fsp3) is 0.375. The van der Waals surface area contributed by atoms with Crippen LogP contribution in [0, 0.1) is 6.92 Å². The number of anilines is 1. The molecule has 2 aromatic rings. The molecule has 0 fully saturated rings. The molecule has 1 aromatic carbocycles. The van der Waals surface area contributed by atoms with Gasteiger partial charge in [0.05, 0.1) is 16.8 Å². The zero-order chi connectivity index (χ0) is 14.4. The molecule has 1 aliphatic rings. The Morgan fingerprint density at radius 1 is 1.30 bits per heavy atom. The highest BCUT2D eigenvalue weighted by Crippen LogP contribution is 2.41. The average molecular weight is 333 g/mol. The van der Waals surface area contributed by atoms with Crippen molar-refractivity contribution >= 4 is 38.4 Å². The number of halogens is 1. The number of rotatable bonds is 3. The number of benzene rings is 1. The zero-order valence-corrected chi connectivity index (χ0v) is 13.5. The highest BCUT2D eigenvalue weighted by atomic mass is 79.9. The van der Waals surface area contributed by atoms with E-state index in [-0.39, 0.29) is 11.9 Å². The van der Waals surface area contributed by atoms with Crippen LogP contribution in [0.15, 0.2) is 22.7 Å². The number of amides is 1. The van der Waals surface area contributed by atoms with Gasteiger partial charge < -0.3 is 4.90 Å². The monoisotopic (exact) mass is 332 g/mol. The molecule has 0 spiro atoms. The third-order valence-electron chi connectivity index (χ3n) is 4.03. The molecule has 4 heteroatoms. The quantitative estimate of drug-likeness (QED) is 0.831. The molecule has 0 saturated carbocycles. The molecule has 1 aliphatic heterocycles. The van der Waals surface area contributed by atoms with Gasteiger partial charge in [-0.25, -0.2) is 0 Å². The number of carbonyl (C=O) groups is 1. The van der Waals surface area contributed by atoms with Crippen LogP contribution in [-0.4, -0.2) is 16.9 Å². The summed E-state index contributed by atoms with van der Waals surface area (Å²) >= 11 is 3.55. The van der Waals surface area contributed by atoms with Gasteiger partial charge in [-0.2, -0.15) is 0 Å². The first-order valence-corrected chi connectivity index (χ1v) is 7.81. The van der Waals surface area contributed by atoms with Gasteiger partial charge in [0, 0.05) is 21.6 Å². The molecule has 0 atom stereocenters. The summed E-state index contributed by atoms with van der Waals surface area (Å²) in [5.74, 6) is 0.110. The number of pyridine rings is 1. The largest absolute Gasteiger partial charge is 0.305 e. The van der Waals surface area contributed by atoms with E-state index in [0.717, 1.165) is 45.2 Å². The molecule has 0 unspecified atom stereocenters. The molecular formula is C16H17BrN2O. The van der Waals surface area contributed by atoms with E-state index in [9.17, 15) is 4.79 Å². The molecule has 0 bridgehead atoms. The van der Waals surface area contributed by atoms with Gasteiger partial charge in [-0.3, -0.25) is 9.78 Å².